The van der Waals surface area contributed by atoms with Crippen molar-refractivity contribution in [3.05, 3.63) is 70.6 Å². The summed E-state index contributed by atoms with van der Waals surface area (Å²) in [5, 5.41) is 0.560. The van der Waals surface area contributed by atoms with Gasteiger partial charge in [0.15, 0.2) is 0 Å². The van der Waals surface area contributed by atoms with E-state index in [9.17, 15) is 9.59 Å². The molecule has 2 aromatic carbocycles. The van der Waals surface area contributed by atoms with Crippen LogP contribution in [0.3, 0.4) is 0 Å². The van der Waals surface area contributed by atoms with Crippen molar-refractivity contribution in [3.63, 3.8) is 0 Å². The molecule has 0 saturated carbocycles. The predicted molar refractivity (Wildman–Crippen MR) is 89.6 cm³/mol. The lowest BCUT2D eigenvalue weighted by atomic mass is 10.2. The van der Waals surface area contributed by atoms with Crippen LogP contribution in [-0.4, -0.2) is 12.1 Å². The minimum absolute atomic E-state index is 0.0534. The van der Waals surface area contributed by atoms with E-state index in [-0.39, 0.29) is 11.9 Å². The Morgan fingerprint density at radius 1 is 1.04 bits per heavy atom. The molecule has 3 aromatic rings. The van der Waals surface area contributed by atoms with E-state index < -0.39 is 11.6 Å². The summed E-state index contributed by atoms with van der Waals surface area (Å²) in [6.45, 7) is 3.85. The number of benzene rings is 2. The molecule has 0 unspecified atom stereocenters. The SMILES string of the molecule is CC(C)Oc1ccc(C(=O)Oc2cc(=O)oc3ccccc23)cc1. The summed E-state index contributed by atoms with van der Waals surface area (Å²) in [4.78, 5) is 23.9. The van der Waals surface area contributed by atoms with E-state index in [2.05, 4.69) is 0 Å². The summed E-state index contributed by atoms with van der Waals surface area (Å²) in [7, 11) is 0. The Morgan fingerprint density at radius 3 is 2.46 bits per heavy atom. The Hall–Kier alpha value is -3.08. The Bertz CT molecular complexity index is 922. The predicted octanol–water partition coefficient (Wildman–Crippen LogP) is 3.80. The molecule has 1 heterocycles. The van der Waals surface area contributed by atoms with Gasteiger partial charge in [-0.15, -0.1) is 0 Å². The molecule has 0 spiro atoms. The zero-order valence-electron chi connectivity index (χ0n) is 13.3. The number of carbonyl (C=O) groups excluding carboxylic acids is 1. The first-order chi connectivity index (χ1) is 11.5. The first-order valence-electron chi connectivity index (χ1n) is 7.55. The second kappa shape index (κ2) is 6.58. The van der Waals surface area contributed by atoms with Gasteiger partial charge in [0, 0.05) is 0 Å². The third-order valence-corrected chi connectivity index (χ3v) is 3.28. The van der Waals surface area contributed by atoms with Crippen molar-refractivity contribution in [1.82, 2.24) is 0 Å². The fraction of sp³-hybridized carbons (Fsp3) is 0.158. The number of esters is 1. The van der Waals surface area contributed by atoms with Gasteiger partial charge in [-0.25, -0.2) is 9.59 Å². The van der Waals surface area contributed by atoms with Gasteiger partial charge in [0.25, 0.3) is 0 Å². The van der Waals surface area contributed by atoms with Gasteiger partial charge in [0.05, 0.1) is 23.1 Å². The number of fused-ring (bicyclic) bond motifs is 1. The van der Waals surface area contributed by atoms with E-state index in [4.69, 9.17) is 13.9 Å². The summed E-state index contributed by atoms with van der Waals surface area (Å²) < 4.78 is 16.0. The number of hydrogen-bond acceptors (Lipinski definition) is 5. The van der Waals surface area contributed by atoms with Crippen LogP contribution >= 0.6 is 0 Å². The normalized spacial score (nSPS) is 10.8. The molecule has 0 fully saturated rings. The van der Waals surface area contributed by atoms with Gasteiger partial charge in [0.1, 0.15) is 17.1 Å². The van der Waals surface area contributed by atoms with Crippen LogP contribution in [0.5, 0.6) is 11.5 Å². The fourth-order valence-electron chi connectivity index (χ4n) is 2.27. The maximum atomic E-state index is 12.3. The molecule has 1 aromatic heterocycles. The molecule has 122 valence electrons. The summed E-state index contributed by atoms with van der Waals surface area (Å²) >= 11 is 0. The molecule has 0 amide bonds. The highest BCUT2D eigenvalue weighted by Gasteiger charge is 2.13. The molecule has 0 saturated heterocycles. The molecule has 0 aliphatic rings. The highest BCUT2D eigenvalue weighted by atomic mass is 16.5. The zero-order valence-corrected chi connectivity index (χ0v) is 13.3. The molecule has 0 aliphatic heterocycles. The van der Waals surface area contributed by atoms with Crippen LogP contribution in [0.1, 0.15) is 24.2 Å². The van der Waals surface area contributed by atoms with Gasteiger partial charge in [-0.3, -0.25) is 0 Å². The van der Waals surface area contributed by atoms with Gasteiger partial charge in [-0.2, -0.15) is 0 Å². The van der Waals surface area contributed by atoms with E-state index >= 15 is 0 Å². The number of ether oxygens (including phenoxy) is 2. The summed E-state index contributed by atoms with van der Waals surface area (Å²) in [5.41, 5.74) is 0.161. The largest absolute Gasteiger partial charge is 0.491 e. The summed E-state index contributed by atoms with van der Waals surface area (Å²) in [6, 6.07) is 14.7. The molecule has 5 heteroatoms. The highest BCUT2D eigenvalue weighted by Crippen LogP contribution is 2.24. The maximum absolute atomic E-state index is 12.3. The second-order valence-electron chi connectivity index (χ2n) is 5.51. The highest BCUT2D eigenvalue weighted by molar-refractivity contribution is 5.94. The number of carbonyl (C=O) groups is 1. The van der Waals surface area contributed by atoms with E-state index in [0.717, 1.165) is 6.07 Å². The number of para-hydroxylation sites is 1. The lowest BCUT2D eigenvalue weighted by Gasteiger charge is -2.10. The van der Waals surface area contributed by atoms with Crippen molar-refractivity contribution in [2.45, 2.75) is 20.0 Å². The Balaban J connectivity index is 1.86. The van der Waals surface area contributed by atoms with Crippen LogP contribution in [0, 0.1) is 0 Å². The zero-order chi connectivity index (χ0) is 17.1. The molecule has 0 radical (unpaired) electrons. The van der Waals surface area contributed by atoms with Crippen molar-refractivity contribution in [1.29, 1.82) is 0 Å². The molecule has 3 rings (SSSR count). The molecular weight excluding hydrogens is 308 g/mol. The van der Waals surface area contributed by atoms with Gasteiger partial charge < -0.3 is 13.9 Å². The Morgan fingerprint density at radius 2 is 1.75 bits per heavy atom. The van der Waals surface area contributed by atoms with Gasteiger partial charge in [-0.1, -0.05) is 12.1 Å². The topological polar surface area (TPSA) is 65.7 Å². The Kier molecular flexibility index (Phi) is 4.33. The molecule has 5 nitrogen and oxygen atoms in total. The standard InChI is InChI=1S/C19H16O5/c1-12(2)22-14-9-7-13(8-10-14)19(21)24-17-11-18(20)23-16-6-4-3-5-15(16)17/h3-12H,1-2H3. The lowest BCUT2D eigenvalue weighted by molar-refractivity contribution is 0.0736. The van der Waals surface area contributed by atoms with Crippen molar-refractivity contribution in [3.8, 4) is 11.5 Å². The molecule has 0 aliphatic carbocycles. The van der Waals surface area contributed by atoms with Gasteiger partial charge in [0.2, 0.25) is 0 Å². The van der Waals surface area contributed by atoms with Gasteiger partial charge in [-0.05, 0) is 50.2 Å². The molecule has 0 atom stereocenters. The van der Waals surface area contributed by atoms with E-state index in [1.54, 1.807) is 48.5 Å². The van der Waals surface area contributed by atoms with Crippen LogP contribution in [0.4, 0.5) is 0 Å². The average Bonchev–Trinajstić information content (AvgIpc) is 2.54. The van der Waals surface area contributed by atoms with Gasteiger partial charge >= 0.3 is 11.6 Å². The van der Waals surface area contributed by atoms with Crippen LogP contribution in [0.15, 0.2) is 63.8 Å². The van der Waals surface area contributed by atoms with E-state index in [1.165, 1.54) is 0 Å². The minimum Gasteiger partial charge on any atom is -0.491 e. The van der Waals surface area contributed by atoms with Crippen LogP contribution in [-0.2, 0) is 0 Å². The summed E-state index contributed by atoms with van der Waals surface area (Å²) in [5.74, 6) is 0.295. The van der Waals surface area contributed by atoms with Crippen molar-refractivity contribution < 1.29 is 18.7 Å². The molecule has 0 bridgehead atoms. The van der Waals surface area contributed by atoms with Crippen LogP contribution < -0.4 is 15.1 Å². The Labute approximate surface area is 138 Å². The van der Waals surface area contributed by atoms with Crippen molar-refractivity contribution >= 4 is 16.9 Å². The quantitative estimate of drug-likeness (QED) is 0.539. The molecule has 0 N–H and O–H groups in total. The minimum atomic E-state index is -0.572. The lowest BCUT2D eigenvalue weighted by Crippen LogP contribution is -2.11. The summed E-state index contributed by atoms with van der Waals surface area (Å²) in [6.07, 6.45) is 0.0534. The van der Waals surface area contributed by atoms with E-state index in [1.807, 2.05) is 13.8 Å². The average molecular weight is 324 g/mol. The van der Waals surface area contributed by atoms with E-state index in [0.29, 0.717) is 22.3 Å². The fourth-order valence-corrected chi connectivity index (χ4v) is 2.27. The van der Waals surface area contributed by atoms with Crippen molar-refractivity contribution in [2.24, 2.45) is 0 Å². The van der Waals surface area contributed by atoms with Crippen LogP contribution in [0.25, 0.3) is 11.0 Å². The monoisotopic (exact) mass is 324 g/mol. The number of hydrogen-bond donors (Lipinski definition) is 0. The maximum Gasteiger partial charge on any atom is 0.343 e. The number of rotatable bonds is 4. The molecular formula is C19H16O5. The third kappa shape index (κ3) is 3.46. The molecule has 24 heavy (non-hydrogen) atoms. The second-order valence-corrected chi connectivity index (χ2v) is 5.51. The third-order valence-electron chi connectivity index (χ3n) is 3.28. The smallest absolute Gasteiger partial charge is 0.343 e. The van der Waals surface area contributed by atoms with Crippen molar-refractivity contribution in [2.75, 3.05) is 0 Å². The first kappa shape index (κ1) is 15.8. The van der Waals surface area contributed by atoms with Crippen LogP contribution in [0.2, 0.25) is 0 Å². The first-order valence-corrected chi connectivity index (χ1v) is 7.55.